The zero-order chi connectivity index (χ0) is 23.6. The van der Waals surface area contributed by atoms with Crippen LogP contribution >= 0.6 is 0 Å². The van der Waals surface area contributed by atoms with E-state index in [2.05, 4.69) is 5.10 Å². The van der Waals surface area contributed by atoms with Crippen molar-refractivity contribution in [2.75, 3.05) is 18.7 Å². The van der Waals surface area contributed by atoms with E-state index in [0.717, 1.165) is 5.01 Å². The standard InChI is InChI=1S/C20H20N4O7S/c1-4-31-19-17(24(26)27)10-13(11-18(19)30-3)9-16-12(2)22-23(20(16)25)14-5-7-15(8-6-14)32(21,28)29/h5-11H,4H2,1-3H3,(H2,21,28,29). The Labute approximate surface area is 183 Å². The molecule has 12 heteroatoms. The molecule has 0 bridgehead atoms. The Morgan fingerprint density at radius 3 is 2.44 bits per heavy atom. The molecule has 1 aliphatic heterocycles. The van der Waals surface area contributed by atoms with Crippen LogP contribution in [0.5, 0.6) is 11.5 Å². The molecule has 0 aromatic heterocycles. The minimum Gasteiger partial charge on any atom is -0.493 e. The Kier molecular flexibility index (Phi) is 6.27. The Morgan fingerprint density at radius 1 is 1.25 bits per heavy atom. The van der Waals surface area contributed by atoms with Crippen LogP contribution in [0.25, 0.3) is 6.08 Å². The Balaban J connectivity index is 2.00. The van der Waals surface area contributed by atoms with Crippen LogP contribution in [0.4, 0.5) is 11.4 Å². The summed E-state index contributed by atoms with van der Waals surface area (Å²) in [6.45, 7) is 3.52. The van der Waals surface area contributed by atoms with E-state index in [1.807, 2.05) is 0 Å². The van der Waals surface area contributed by atoms with Crippen molar-refractivity contribution in [2.45, 2.75) is 18.7 Å². The predicted molar refractivity (Wildman–Crippen MR) is 117 cm³/mol. The van der Waals surface area contributed by atoms with Crippen molar-refractivity contribution < 1.29 is 27.6 Å². The van der Waals surface area contributed by atoms with Crippen molar-refractivity contribution in [2.24, 2.45) is 10.2 Å². The summed E-state index contributed by atoms with van der Waals surface area (Å²) in [5.41, 5.74) is 0.970. The average Bonchev–Trinajstić information content (AvgIpc) is 3.02. The van der Waals surface area contributed by atoms with Crippen molar-refractivity contribution in [3.05, 3.63) is 57.6 Å². The first-order valence-corrected chi connectivity index (χ1v) is 10.8. The van der Waals surface area contributed by atoms with E-state index in [1.165, 1.54) is 49.6 Å². The maximum Gasteiger partial charge on any atom is 0.315 e. The number of nitrogens with two attached hydrogens (primary N) is 1. The van der Waals surface area contributed by atoms with Crippen molar-refractivity contribution in [3.63, 3.8) is 0 Å². The highest BCUT2D eigenvalue weighted by Crippen LogP contribution is 2.39. The van der Waals surface area contributed by atoms with Gasteiger partial charge in [0.05, 0.1) is 40.5 Å². The molecular formula is C20H20N4O7S. The minimum atomic E-state index is -3.87. The molecule has 2 aromatic rings. The molecule has 1 amide bonds. The highest BCUT2D eigenvalue weighted by atomic mass is 32.2. The molecule has 0 atom stereocenters. The highest BCUT2D eigenvalue weighted by molar-refractivity contribution is 7.89. The lowest BCUT2D eigenvalue weighted by Crippen LogP contribution is -2.21. The third-order valence-corrected chi connectivity index (χ3v) is 5.48. The fourth-order valence-electron chi connectivity index (χ4n) is 3.07. The highest BCUT2D eigenvalue weighted by Gasteiger charge is 2.30. The van der Waals surface area contributed by atoms with E-state index in [-0.39, 0.29) is 34.3 Å². The van der Waals surface area contributed by atoms with Crippen LogP contribution < -0.4 is 19.6 Å². The first-order chi connectivity index (χ1) is 15.1. The van der Waals surface area contributed by atoms with Crippen LogP contribution in [0, 0.1) is 10.1 Å². The number of ether oxygens (including phenoxy) is 2. The normalized spacial score (nSPS) is 15.1. The van der Waals surface area contributed by atoms with Gasteiger partial charge in [-0.2, -0.15) is 10.1 Å². The van der Waals surface area contributed by atoms with E-state index in [0.29, 0.717) is 17.0 Å². The van der Waals surface area contributed by atoms with Crippen LogP contribution in [0.2, 0.25) is 0 Å². The molecule has 0 spiro atoms. The summed E-state index contributed by atoms with van der Waals surface area (Å²) in [4.78, 5) is 23.8. The first-order valence-electron chi connectivity index (χ1n) is 9.30. The van der Waals surface area contributed by atoms with Gasteiger partial charge in [0.25, 0.3) is 5.91 Å². The van der Waals surface area contributed by atoms with Crippen molar-refractivity contribution in [3.8, 4) is 11.5 Å². The molecule has 1 heterocycles. The monoisotopic (exact) mass is 460 g/mol. The molecule has 32 heavy (non-hydrogen) atoms. The number of carbonyl (C=O) groups is 1. The molecule has 0 aliphatic carbocycles. The van der Waals surface area contributed by atoms with Crippen molar-refractivity contribution >= 4 is 39.1 Å². The third-order valence-electron chi connectivity index (χ3n) is 4.55. The Morgan fingerprint density at radius 2 is 1.91 bits per heavy atom. The van der Waals surface area contributed by atoms with E-state index < -0.39 is 20.9 Å². The summed E-state index contributed by atoms with van der Waals surface area (Å²) in [7, 11) is -2.51. The number of hydrazone groups is 1. The predicted octanol–water partition coefficient (Wildman–Crippen LogP) is 2.46. The molecule has 0 saturated heterocycles. The second-order valence-corrected chi connectivity index (χ2v) is 8.22. The molecule has 0 fully saturated rings. The van der Waals surface area contributed by atoms with Gasteiger partial charge in [-0.3, -0.25) is 14.9 Å². The molecule has 0 unspecified atom stereocenters. The average molecular weight is 460 g/mol. The number of rotatable bonds is 7. The minimum absolute atomic E-state index is 0.00172. The van der Waals surface area contributed by atoms with Gasteiger partial charge < -0.3 is 9.47 Å². The number of primary sulfonamides is 1. The van der Waals surface area contributed by atoms with E-state index in [1.54, 1.807) is 13.8 Å². The van der Waals surface area contributed by atoms with Gasteiger partial charge in [0.1, 0.15) is 0 Å². The van der Waals surface area contributed by atoms with Crippen LogP contribution in [0.15, 0.2) is 52.0 Å². The molecule has 3 rings (SSSR count). The zero-order valence-corrected chi connectivity index (χ0v) is 18.3. The van der Waals surface area contributed by atoms with Crippen LogP contribution in [-0.2, 0) is 14.8 Å². The lowest BCUT2D eigenvalue weighted by Gasteiger charge is -2.12. The van der Waals surface area contributed by atoms with E-state index in [9.17, 15) is 23.3 Å². The van der Waals surface area contributed by atoms with E-state index >= 15 is 0 Å². The van der Waals surface area contributed by atoms with Crippen LogP contribution in [0.3, 0.4) is 0 Å². The topological polar surface area (TPSA) is 154 Å². The van der Waals surface area contributed by atoms with Gasteiger partial charge in [-0.15, -0.1) is 0 Å². The van der Waals surface area contributed by atoms with Crippen molar-refractivity contribution in [1.82, 2.24) is 0 Å². The third kappa shape index (κ3) is 4.45. The molecular weight excluding hydrogens is 440 g/mol. The van der Waals surface area contributed by atoms with Crippen LogP contribution in [0.1, 0.15) is 19.4 Å². The number of methoxy groups -OCH3 is 1. The maximum atomic E-state index is 13.0. The second-order valence-electron chi connectivity index (χ2n) is 6.66. The quantitative estimate of drug-likeness (QED) is 0.378. The number of carbonyl (C=O) groups excluding carboxylic acids is 1. The van der Waals surface area contributed by atoms with Crippen LogP contribution in [-0.4, -0.2) is 38.7 Å². The summed E-state index contributed by atoms with van der Waals surface area (Å²) >= 11 is 0. The number of nitrogens with zero attached hydrogens (tertiary/aromatic N) is 3. The summed E-state index contributed by atoms with van der Waals surface area (Å²) in [5.74, 6) is -0.327. The van der Waals surface area contributed by atoms with Gasteiger partial charge in [-0.25, -0.2) is 13.6 Å². The van der Waals surface area contributed by atoms with Gasteiger partial charge in [0.15, 0.2) is 5.75 Å². The second kappa shape index (κ2) is 8.77. The number of nitro groups is 1. The van der Waals surface area contributed by atoms with Crippen molar-refractivity contribution in [1.29, 1.82) is 0 Å². The number of sulfonamides is 1. The molecule has 2 N–H and O–H groups in total. The molecule has 2 aromatic carbocycles. The zero-order valence-electron chi connectivity index (χ0n) is 17.4. The largest absolute Gasteiger partial charge is 0.493 e. The molecule has 0 saturated carbocycles. The molecule has 0 radical (unpaired) electrons. The van der Waals surface area contributed by atoms with Gasteiger partial charge in [0, 0.05) is 6.07 Å². The summed E-state index contributed by atoms with van der Waals surface area (Å²) in [6, 6.07) is 8.15. The first kappa shape index (κ1) is 22.9. The number of hydrogen-bond acceptors (Lipinski definition) is 8. The number of nitro benzene ring substituents is 1. The fourth-order valence-corrected chi connectivity index (χ4v) is 3.59. The summed E-state index contributed by atoms with van der Waals surface area (Å²) in [5, 5.41) is 21.9. The molecule has 168 valence electrons. The Bertz CT molecular complexity index is 1250. The summed E-state index contributed by atoms with van der Waals surface area (Å²) < 4.78 is 33.4. The van der Waals surface area contributed by atoms with E-state index in [4.69, 9.17) is 14.6 Å². The number of anilines is 1. The smallest absolute Gasteiger partial charge is 0.315 e. The van der Waals surface area contributed by atoms with Gasteiger partial charge >= 0.3 is 5.69 Å². The Hall–Kier alpha value is -3.77. The molecule has 1 aliphatic rings. The fraction of sp³-hybridized carbons (Fsp3) is 0.200. The summed E-state index contributed by atoms with van der Waals surface area (Å²) in [6.07, 6.45) is 1.46. The maximum absolute atomic E-state index is 13.0. The number of amides is 1. The molecule has 11 nitrogen and oxygen atoms in total. The van der Waals surface area contributed by atoms with Gasteiger partial charge in [-0.1, -0.05) is 0 Å². The number of benzene rings is 2. The lowest BCUT2D eigenvalue weighted by atomic mass is 10.1. The van der Waals surface area contributed by atoms with Gasteiger partial charge in [-0.05, 0) is 55.8 Å². The lowest BCUT2D eigenvalue weighted by molar-refractivity contribution is -0.385. The number of hydrogen-bond donors (Lipinski definition) is 1. The van der Waals surface area contributed by atoms with Gasteiger partial charge in [0.2, 0.25) is 15.8 Å². The SMILES string of the molecule is CCOc1c(OC)cc(C=C2C(=O)N(c3ccc(S(N)(=O)=O)cc3)N=C2C)cc1[N+](=O)[O-].